The van der Waals surface area contributed by atoms with Gasteiger partial charge in [-0.3, -0.25) is 14.7 Å². The van der Waals surface area contributed by atoms with E-state index in [2.05, 4.69) is 39.1 Å². The molecule has 0 aromatic carbocycles. The van der Waals surface area contributed by atoms with E-state index in [-0.39, 0.29) is 5.54 Å². The lowest BCUT2D eigenvalue weighted by Gasteiger charge is -2.45. The number of amides is 1. The zero-order valence-electron chi connectivity index (χ0n) is 15.1. The first-order valence-corrected chi connectivity index (χ1v) is 9.05. The summed E-state index contributed by atoms with van der Waals surface area (Å²) in [6.45, 7) is 4.76. The number of aromatic nitrogens is 2. The van der Waals surface area contributed by atoms with E-state index < -0.39 is 0 Å². The summed E-state index contributed by atoms with van der Waals surface area (Å²) in [6.07, 6.45) is 8.70. The lowest BCUT2D eigenvalue weighted by molar-refractivity contribution is -0.146. The fourth-order valence-electron chi connectivity index (χ4n) is 4.06. The van der Waals surface area contributed by atoms with Crippen molar-refractivity contribution in [2.75, 3.05) is 39.0 Å². The number of nitrogens with zero attached hydrogens (tertiary/aromatic N) is 4. The average molecular weight is 331 g/mol. The van der Waals surface area contributed by atoms with Gasteiger partial charge in [-0.05, 0) is 52.6 Å². The number of likely N-dealkylation sites (N-methyl/N-ethyl adjacent to an activating group) is 1. The van der Waals surface area contributed by atoms with Gasteiger partial charge in [-0.15, -0.1) is 0 Å². The number of nitrogens with one attached hydrogen (secondary N) is 1. The van der Waals surface area contributed by atoms with Crippen molar-refractivity contribution < 1.29 is 4.79 Å². The van der Waals surface area contributed by atoms with Crippen LogP contribution in [0.5, 0.6) is 0 Å². The minimum atomic E-state index is -0.326. The first-order valence-electron chi connectivity index (χ1n) is 9.05. The van der Waals surface area contributed by atoms with Crippen molar-refractivity contribution in [3.8, 4) is 0 Å². The predicted molar refractivity (Wildman–Crippen MR) is 95.0 cm³/mol. The Morgan fingerprint density at radius 2 is 1.92 bits per heavy atom. The number of hydrogen-bond donors (Lipinski definition) is 1. The van der Waals surface area contributed by atoms with Crippen LogP contribution in [-0.2, 0) is 4.79 Å². The van der Waals surface area contributed by atoms with Gasteiger partial charge in [0.05, 0.1) is 11.2 Å². The molecule has 6 nitrogen and oxygen atoms in total. The quantitative estimate of drug-likeness (QED) is 0.919. The number of rotatable bonds is 3. The van der Waals surface area contributed by atoms with Gasteiger partial charge in [0.1, 0.15) is 5.82 Å². The Balaban J connectivity index is 1.65. The van der Waals surface area contributed by atoms with Gasteiger partial charge in [0.15, 0.2) is 0 Å². The molecule has 2 saturated heterocycles. The van der Waals surface area contributed by atoms with Gasteiger partial charge in [0.25, 0.3) is 0 Å². The highest BCUT2D eigenvalue weighted by Crippen LogP contribution is 2.33. The van der Waals surface area contributed by atoms with E-state index in [0.29, 0.717) is 11.8 Å². The Bertz CT molecular complexity index is 585. The van der Waals surface area contributed by atoms with E-state index in [1.165, 1.54) is 6.42 Å². The molecule has 6 heteroatoms. The van der Waals surface area contributed by atoms with Crippen LogP contribution in [0, 0.1) is 0 Å². The Morgan fingerprint density at radius 1 is 1.21 bits per heavy atom. The monoisotopic (exact) mass is 331 g/mol. The van der Waals surface area contributed by atoms with E-state index in [1.807, 2.05) is 7.05 Å². The van der Waals surface area contributed by atoms with Gasteiger partial charge >= 0.3 is 0 Å². The van der Waals surface area contributed by atoms with Crippen molar-refractivity contribution in [2.24, 2.45) is 0 Å². The number of hydrogen-bond acceptors (Lipinski definition) is 5. The molecule has 3 rings (SSSR count). The van der Waals surface area contributed by atoms with Gasteiger partial charge in [0, 0.05) is 38.4 Å². The largest absolute Gasteiger partial charge is 0.372 e. The molecule has 2 aliphatic rings. The standard InChI is InChI=1S/C18H29N5O/c1-18(8-4-5-11-22(18)3)17(24)23-12-6-14(7-13-23)15-16(19-2)21-10-9-20-15/h9-10,14H,4-8,11-13H2,1-3H3,(H,19,21)/t18-/m1/s1. The van der Waals surface area contributed by atoms with Gasteiger partial charge < -0.3 is 10.2 Å². The highest BCUT2D eigenvalue weighted by molar-refractivity contribution is 5.86. The smallest absolute Gasteiger partial charge is 0.242 e. The van der Waals surface area contributed by atoms with Gasteiger partial charge in [-0.2, -0.15) is 0 Å². The van der Waals surface area contributed by atoms with Crippen LogP contribution in [0.15, 0.2) is 12.4 Å². The second-order valence-electron chi connectivity index (χ2n) is 7.26. The second kappa shape index (κ2) is 7.05. The summed E-state index contributed by atoms with van der Waals surface area (Å²) in [7, 11) is 3.97. The average Bonchev–Trinajstić information content (AvgIpc) is 2.63. The summed E-state index contributed by atoms with van der Waals surface area (Å²) < 4.78 is 0. The van der Waals surface area contributed by atoms with Crippen LogP contribution < -0.4 is 5.32 Å². The number of carbonyl (C=O) groups is 1. The first-order chi connectivity index (χ1) is 11.6. The topological polar surface area (TPSA) is 61.4 Å². The summed E-state index contributed by atoms with van der Waals surface area (Å²) in [6, 6.07) is 0. The van der Waals surface area contributed by atoms with Crippen molar-refractivity contribution in [3.63, 3.8) is 0 Å². The van der Waals surface area contributed by atoms with Crippen molar-refractivity contribution in [1.29, 1.82) is 0 Å². The molecular formula is C18H29N5O. The van der Waals surface area contributed by atoms with Crippen molar-refractivity contribution in [2.45, 2.75) is 50.5 Å². The van der Waals surface area contributed by atoms with E-state index in [4.69, 9.17) is 0 Å². The zero-order chi connectivity index (χ0) is 17.2. The number of piperidine rings is 2. The van der Waals surface area contributed by atoms with Gasteiger partial charge in [-0.25, -0.2) is 4.98 Å². The minimum Gasteiger partial charge on any atom is -0.372 e. The predicted octanol–water partition coefficient (Wildman–Crippen LogP) is 2.10. The molecule has 24 heavy (non-hydrogen) atoms. The third-order valence-electron chi connectivity index (χ3n) is 5.84. The molecule has 3 heterocycles. The molecule has 0 unspecified atom stereocenters. The summed E-state index contributed by atoms with van der Waals surface area (Å²) >= 11 is 0. The third-order valence-corrected chi connectivity index (χ3v) is 5.84. The number of likely N-dealkylation sites (tertiary alicyclic amines) is 2. The van der Waals surface area contributed by atoms with E-state index in [1.54, 1.807) is 12.4 Å². The molecule has 0 radical (unpaired) electrons. The second-order valence-corrected chi connectivity index (χ2v) is 7.26. The van der Waals surface area contributed by atoms with E-state index >= 15 is 0 Å². The Kier molecular flexibility index (Phi) is 5.04. The third kappa shape index (κ3) is 3.11. The fourth-order valence-corrected chi connectivity index (χ4v) is 4.06. The van der Waals surface area contributed by atoms with Crippen LogP contribution in [0.2, 0.25) is 0 Å². The number of anilines is 1. The maximum Gasteiger partial charge on any atom is 0.242 e. The molecule has 0 spiro atoms. The SMILES string of the molecule is CNc1nccnc1C1CCN(C(=O)[C@@]2(C)CCCCN2C)CC1. The minimum absolute atomic E-state index is 0.302. The van der Waals surface area contributed by atoms with Crippen LogP contribution in [0.25, 0.3) is 0 Å². The van der Waals surface area contributed by atoms with Crippen LogP contribution in [-0.4, -0.2) is 64.9 Å². The van der Waals surface area contributed by atoms with Crippen molar-refractivity contribution in [1.82, 2.24) is 19.8 Å². The van der Waals surface area contributed by atoms with Crippen molar-refractivity contribution >= 4 is 11.7 Å². The molecule has 2 fully saturated rings. The highest BCUT2D eigenvalue weighted by atomic mass is 16.2. The molecule has 1 N–H and O–H groups in total. The summed E-state index contributed by atoms with van der Waals surface area (Å²) in [5, 5.41) is 3.13. The summed E-state index contributed by atoms with van der Waals surface area (Å²) in [5.74, 6) is 1.54. The Hall–Kier alpha value is -1.69. The molecule has 0 bridgehead atoms. The van der Waals surface area contributed by atoms with E-state index in [0.717, 1.165) is 56.8 Å². The molecule has 0 saturated carbocycles. The highest BCUT2D eigenvalue weighted by Gasteiger charge is 2.42. The Morgan fingerprint density at radius 3 is 2.58 bits per heavy atom. The maximum atomic E-state index is 13.1. The molecule has 1 atom stereocenters. The van der Waals surface area contributed by atoms with Gasteiger partial charge in [0.2, 0.25) is 5.91 Å². The molecule has 1 amide bonds. The lowest BCUT2D eigenvalue weighted by atomic mass is 9.86. The maximum absolute atomic E-state index is 13.1. The summed E-state index contributed by atoms with van der Waals surface area (Å²) in [4.78, 5) is 26.3. The van der Waals surface area contributed by atoms with Crippen LogP contribution in [0.4, 0.5) is 5.82 Å². The van der Waals surface area contributed by atoms with Crippen molar-refractivity contribution in [3.05, 3.63) is 18.1 Å². The molecule has 1 aromatic heterocycles. The first kappa shape index (κ1) is 17.1. The molecule has 0 aliphatic carbocycles. The zero-order valence-corrected chi connectivity index (χ0v) is 15.1. The van der Waals surface area contributed by atoms with Crippen LogP contribution in [0.3, 0.4) is 0 Å². The molecule has 1 aromatic rings. The molecular weight excluding hydrogens is 302 g/mol. The Labute approximate surface area is 144 Å². The van der Waals surface area contributed by atoms with Crippen LogP contribution >= 0.6 is 0 Å². The molecule has 132 valence electrons. The number of carbonyl (C=O) groups excluding carboxylic acids is 1. The summed E-state index contributed by atoms with van der Waals surface area (Å²) in [5.41, 5.74) is 0.710. The molecule has 2 aliphatic heterocycles. The lowest BCUT2D eigenvalue weighted by Crippen LogP contribution is -2.59. The van der Waals surface area contributed by atoms with E-state index in [9.17, 15) is 4.79 Å². The normalized spacial score (nSPS) is 26.4. The van der Waals surface area contributed by atoms with Gasteiger partial charge in [-0.1, -0.05) is 0 Å². The van der Waals surface area contributed by atoms with Crippen LogP contribution in [0.1, 0.15) is 50.6 Å². The fraction of sp³-hybridized carbons (Fsp3) is 0.722.